The van der Waals surface area contributed by atoms with Crippen LogP contribution in [0.25, 0.3) is 0 Å². The third-order valence-corrected chi connectivity index (χ3v) is 5.16. The average Bonchev–Trinajstić information content (AvgIpc) is 3.14. The molecule has 1 atom stereocenters. The molecule has 27 heavy (non-hydrogen) atoms. The summed E-state index contributed by atoms with van der Waals surface area (Å²) in [5.74, 6) is 1.45. The fourth-order valence-electron chi connectivity index (χ4n) is 3.43. The second-order valence-corrected chi connectivity index (χ2v) is 7.50. The number of hydrogen-bond acceptors (Lipinski definition) is 3. The lowest BCUT2D eigenvalue weighted by atomic mass is 10.1. The van der Waals surface area contributed by atoms with E-state index >= 15 is 0 Å². The SMILES string of the molecule is Cc1cc(C)c(C)c(OC(C)C(=O)Nc2ccc(OC3CCCC3)cc2)c1. The molecule has 1 aliphatic carbocycles. The maximum absolute atomic E-state index is 12.5. The van der Waals surface area contributed by atoms with Crippen LogP contribution >= 0.6 is 0 Å². The van der Waals surface area contributed by atoms with Crippen molar-refractivity contribution in [2.24, 2.45) is 0 Å². The van der Waals surface area contributed by atoms with Gasteiger partial charge in [0.25, 0.3) is 5.91 Å². The standard InChI is InChI=1S/C23H29NO3/c1-15-13-16(2)17(3)22(14-15)26-18(4)23(25)24-19-9-11-21(12-10-19)27-20-7-5-6-8-20/h9-14,18,20H,5-8H2,1-4H3,(H,24,25). The molecule has 0 saturated heterocycles. The highest BCUT2D eigenvalue weighted by atomic mass is 16.5. The lowest BCUT2D eigenvalue weighted by molar-refractivity contribution is -0.122. The van der Waals surface area contributed by atoms with Gasteiger partial charge in [-0.3, -0.25) is 4.79 Å². The van der Waals surface area contributed by atoms with Gasteiger partial charge in [0, 0.05) is 5.69 Å². The van der Waals surface area contributed by atoms with E-state index in [-0.39, 0.29) is 5.91 Å². The molecule has 144 valence electrons. The highest BCUT2D eigenvalue weighted by molar-refractivity contribution is 5.94. The van der Waals surface area contributed by atoms with Gasteiger partial charge in [0.1, 0.15) is 11.5 Å². The Hall–Kier alpha value is -2.49. The molecule has 0 bridgehead atoms. The van der Waals surface area contributed by atoms with Gasteiger partial charge < -0.3 is 14.8 Å². The number of amides is 1. The summed E-state index contributed by atoms with van der Waals surface area (Å²) in [5.41, 5.74) is 4.09. The summed E-state index contributed by atoms with van der Waals surface area (Å²) >= 11 is 0. The van der Waals surface area contributed by atoms with Crippen molar-refractivity contribution in [1.29, 1.82) is 0 Å². The van der Waals surface area contributed by atoms with Gasteiger partial charge in [-0.1, -0.05) is 6.07 Å². The lowest BCUT2D eigenvalue weighted by Crippen LogP contribution is -2.30. The van der Waals surface area contributed by atoms with Gasteiger partial charge in [-0.25, -0.2) is 0 Å². The van der Waals surface area contributed by atoms with E-state index in [9.17, 15) is 4.79 Å². The van der Waals surface area contributed by atoms with Crippen LogP contribution in [0.2, 0.25) is 0 Å². The molecule has 1 saturated carbocycles. The Morgan fingerprint density at radius 3 is 2.41 bits per heavy atom. The molecular weight excluding hydrogens is 338 g/mol. The van der Waals surface area contributed by atoms with E-state index in [0.717, 1.165) is 46.7 Å². The highest BCUT2D eigenvalue weighted by Gasteiger charge is 2.18. The zero-order valence-electron chi connectivity index (χ0n) is 16.7. The Bertz CT molecular complexity index is 792. The number of hydrogen-bond donors (Lipinski definition) is 1. The molecule has 1 aliphatic rings. The molecule has 1 N–H and O–H groups in total. The normalized spacial score (nSPS) is 15.4. The number of rotatable bonds is 6. The first-order valence-corrected chi connectivity index (χ1v) is 9.74. The number of aryl methyl sites for hydroxylation is 2. The van der Waals surface area contributed by atoms with Gasteiger partial charge in [0.05, 0.1) is 6.10 Å². The highest BCUT2D eigenvalue weighted by Crippen LogP contribution is 2.26. The van der Waals surface area contributed by atoms with Crippen LogP contribution in [0.1, 0.15) is 49.3 Å². The summed E-state index contributed by atoms with van der Waals surface area (Å²) in [4.78, 5) is 12.5. The number of anilines is 1. The fourth-order valence-corrected chi connectivity index (χ4v) is 3.43. The van der Waals surface area contributed by atoms with Gasteiger partial charge >= 0.3 is 0 Å². The zero-order valence-corrected chi connectivity index (χ0v) is 16.7. The van der Waals surface area contributed by atoms with Gasteiger partial charge in [-0.15, -0.1) is 0 Å². The molecule has 2 aromatic rings. The van der Waals surface area contributed by atoms with Gasteiger partial charge in [-0.05, 0) is 100 Å². The van der Waals surface area contributed by atoms with E-state index in [1.54, 1.807) is 6.92 Å². The Kier molecular flexibility index (Phi) is 6.04. The van der Waals surface area contributed by atoms with Crippen molar-refractivity contribution < 1.29 is 14.3 Å². The first-order valence-electron chi connectivity index (χ1n) is 9.74. The van der Waals surface area contributed by atoms with Gasteiger partial charge in [0.15, 0.2) is 6.10 Å². The van der Waals surface area contributed by atoms with E-state index < -0.39 is 6.10 Å². The topological polar surface area (TPSA) is 47.6 Å². The Labute approximate surface area is 161 Å². The maximum Gasteiger partial charge on any atom is 0.265 e. The molecule has 0 heterocycles. The molecular formula is C23H29NO3. The average molecular weight is 367 g/mol. The molecule has 2 aromatic carbocycles. The Morgan fingerprint density at radius 2 is 1.74 bits per heavy atom. The van der Waals surface area contributed by atoms with Crippen molar-refractivity contribution in [3.8, 4) is 11.5 Å². The molecule has 3 rings (SSSR count). The summed E-state index contributed by atoms with van der Waals surface area (Å²) < 4.78 is 11.9. The monoisotopic (exact) mass is 367 g/mol. The first-order chi connectivity index (χ1) is 12.9. The Morgan fingerprint density at radius 1 is 1.07 bits per heavy atom. The van der Waals surface area contributed by atoms with E-state index in [4.69, 9.17) is 9.47 Å². The fraction of sp³-hybridized carbons (Fsp3) is 0.435. The largest absolute Gasteiger partial charge is 0.490 e. The van der Waals surface area contributed by atoms with Crippen LogP contribution < -0.4 is 14.8 Å². The summed E-state index contributed by atoms with van der Waals surface area (Å²) in [6.45, 7) is 7.86. The van der Waals surface area contributed by atoms with Crippen molar-refractivity contribution >= 4 is 11.6 Å². The molecule has 1 fully saturated rings. The molecule has 0 aliphatic heterocycles. The summed E-state index contributed by atoms with van der Waals surface area (Å²) in [5, 5.41) is 2.91. The summed E-state index contributed by atoms with van der Waals surface area (Å²) in [6.07, 6.45) is 4.50. The predicted octanol–water partition coefficient (Wildman–Crippen LogP) is 5.34. The van der Waals surface area contributed by atoms with Crippen LogP contribution in [0.15, 0.2) is 36.4 Å². The zero-order chi connectivity index (χ0) is 19.4. The number of ether oxygens (including phenoxy) is 2. The predicted molar refractivity (Wildman–Crippen MR) is 109 cm³/mol. The molecule has 0 spiro atoms. The summed E-state index contributed by atoms with van der Waals surface area (Å²) in [6, 6.07) is 11.7. The van der Waals surface area contributed by atoms with Crippen LogP contribution in [-0.2, 0) is 4.79 Å². The van der Waals surface area contributed by atoms with Crippen molar-refractivity contribution in [1.82, 2.24) is 0 Å². The number of carbonyl (C=O) groups excluding carboxylic acids is 1. The van der Waals surface area contributed by atoms with Crippen LogP contribution in [0.3, 0.4) is 0 Å². The van der Waals surface area contributed by atoms with E-state index in [2.05, 4.69) is 18.3 Å². The van der Waals surface area contributed by atoms with Crippen LogP contribution in [0, 0.1) is 20.8 Å². The summed E-state index contributed by atoms with van der Waals surface area (Å²) in [7, 11) is 0. The first kappa shape index (κ1) is 19.3. The van der Waals surface area contributed by atoms with E-state index in [0.29, 0.717) is 6.10 Å². The number of nitrogens with one attached hydrogen (secondary N) is 1. The third-order valence-electron chi connectivity index (χ3n) is 5.16. The van der Waals surface area contributed by atoms with Crippen LogP contribution in [-0.4, -0.2) is 18.1 Å². The lowest BCUT2D eigenvalue weighted by Gasteiger charge is -2.18. The van der Waals surface area contributed by atoms with E-state index in [1.807, 2.05) is 44.2 Å². The van der Waals surface area contributed by atoms with Crippen molar-refractivity contribution in [2.75, 3.05) is 5.32 Å². The quantitative estimate of drug-likeness (QED) is 0.750. The van der Waals surface area contributed by atoms with Crippen molar-refractivity contribution in [3.63, 3.8) is 0 Å². The minimum absolute atomic E-state index is 0.168. The van der Waals surface area contributed by atoms with E-state index in [1.165, 1.54) is 12.8 Å². The van der Waals surface area contributed by atoms with Crippen molar-refractivity contribution in [2.45, 2.75) is 65.6 Å². The molecule has 0 aromatic heterocycles. The molecule has 4 nitrogen and oxygen atoms in total. The smallest absolute Gasteiger partial charge is 0.265 e. The minimum Gasteiger partial charge on any atom is -0.490 e. The molecule has 4 heteroatoms. The third kappa shape index (κ3) is 5.03. The van der Waals surface area contributed by atoms with Crippen LogP contribution in [0.5, 0.6) is 11.5 Å². The van der Waals surface area contributed by atoms with Crippen molar-refractivity contribution in [3.05, 3.63) is 53.1 Å². The molecule has 1 amide bonds. The second kappa shape index (κ2) is 8.47. The Balaban J connectivity index is 1.58. The van der Waals surface area contributed by atoms with Gasteiger partial charge in [0.2, 0.25) is 0 Å². The second-order valence-electron chi connectivity index (χ2n) is 7.50. The molecule has 1 unspecified atom stereocenters. The number of benzene rings is 2. The minimum atomic E-state index is -0.584. The molecule has 0 radical (unpaired) electrons. The maximum atomic E-state index is 12.5. The van der Waals surface area contributed by atoms with Gasteiger partial charge in [-0.2, -0.15) is 0 Å². The van der Waals surface area contributed by atoms with Crippen LogP contribution in [0.4, 0.5) is 5.69 Å². The number of carbonyl (C=O) groups is 1.